The van der Waals surface area contributed by atoms with Crippen molar-refractivity contribution in [3.05, 3.63) is 120 Å². The second-order valence-corrected chi connectivity index (χ2v) is 22.5. The highest BCUT2D eigenvalue weighted by Gasteiger charge is 2.71. The number of halogens is 6. The Hall–Kier alpha value is -5.40. The number of rotatable bonds is 12. The number of carboxylic acids is 1. The number of alkyl halides is 6. The van der Waals surface area contributed by atoms with Crippen LogP contribution in [-0.2, 0) is 46.7 Å². The van der Waals surface area contributed by atoms with E-state index in [-0.39, 0.29) is 29.6 Å². The van der Waals surface area contributed by atoms with E-state index < -0.39 is 96.2 Å². The van der Waals surface area contributed by atoms with Crippen LogP contribution in [0.5, 0.6) is 0 Å². The van der Waals surface area contributed by atoms with Crippen molar-refractivity contribution in [2.75, 3.05) is 0 Å². The molecule has 2 aliphatic carbocycles. The Balaban J connectivity index is 0.000000198. The average molecular weight is 1000 g/mol. The number of nitrogens with one attached hydrogen (secondary N) is 2. The number of hydrogen-bond acceptors (Lipinski definition) is 13. The van der Waals surface area contributed by atoms with E-state index in [0.29, 0.717) is 40.4 Å². The molecule has 2 aliphatic rings. The van der Waals surface area contributed by atoms with E-state index in [0.717, 1.165) is 5.56 Å². The highest BCUT2D eigenvalue weighted by molar-refractivity contribution is 7.92. The number of nitrogens with zero attached hydrogens (tertiary/aromatic N) is 2. The quantitative estimate of drug-likeness (QED) is 0.0775. The number of carboxylic acid groups (broad SMARTS) is 1. The van der Waals surface area contributed by atoms with E-state index in [1.54, 1.807) is 77.1 Å². The van der Waals surface area contributed by atoms with Crippen LogP contribution in [0.3, 0.4) is 0 Å². The molecule has 0 saturated heterocycles. The normalized spacial score (nSPS) is 23.1. The minimum atomic E-state index is -4.72. The van der Waals surface area contributed by atoms with Gasteiger partial charge in [0.25, 0.3) is 20.0 Å². The van der Waals surface area contributed by atoms with Gasteiger partial charge in [-0.1, -0.05) is 84.8 Å². The zero-order chi connectivity index (χ0) is 48.4. The summed E-state index contributed by atoms with van der Waals surface area (Å²) in [6, 6.07) is 24.2. The average Bonchev–Trinajstić information content (AvgIpc) is 3.80. The van der Waals surface area contributed by atoms with Crippen LogP contribution in [-0.4, -0.2) is 60.9 Å². The van der Waals surface area contributed by atoms with Gasteiger partial charge >= 0.3 is 24.3 Å². The predicted octanol–water partition coefficient (Wildman–Crippen LogP) is 9.17. The lowest BCUT2D eigenvalue weighted by molar-refractivity contribution is -0.159. The Morgan fingerprint density at radius 2 is 1.03 bits per heavy atom. The minimum Gasteiger partial charge on any atom is -0.480 e. The van der Waals surface area contributed by atoms with Gasteiger partial charge in [0.15, 0.2) is 0 Å². The molecule has 24 heteroatoms. The molecule has 14 nitrogen and oxygen atoms in total. The van der Waals surface area contributed by atoms with Gasteiger partial charge in [0, 0.05) is 24.0 Å². The molecule has 0 spiro atoms. The Kier molecular flexibility index (Phi) is 12.5. The molecule has 2 unspecified atom stereocenters. The summed E-state index contributed by atoms with van der Waals surface area (Å²) in [6.45, 7) is 8.48. The molecule has 2 aromatic carbocycles. The summed E-state index contributed by atoms with van der Waals surface area (Å²) in [6.07, 6.45) is -9.44. The summed E-state index contributed by atoms with van der Waals surface area (Å²) < 4.78 is 148. The van der Waals surface area contributed by atoms with Crippen LogP contribution in [0.25, 0.3) is 21.1 Å². The first-order chi connectivity index (χ1) is 30.6. The molecule has 2 saturated carbocycles. The first kappa shape index (κ1) is 48.5. The number of carbonyl (C=O) groups excluding carboxylic acids is 1. The number of esters is 1. The summed E-state index contributed by atoms with van der Waals surface area (Å²) in [4.78, 5) is 25.7. The summed E-state index contributed by atoms with van der Waals surface area (Å²) in [7, 11) is -8.53. The van der Waals surface area contributed by atoms with Crippen LogP contribution in [0.15, 0.2) is 115 Å². The van der Waals surface area contributed by atoms with Crippen LogP contribution in [0.2, 0.25) is 0 Å². The molecule has 3 N–H and O–H groups in total. The second kappa shape index (κ2) is 17.0. The van der Waals surface area contributed by atoms with E-state index in [4.69, 9.17) is 4.74 Å². The first-order valence-electron chi connectivity index (χ1n) is 19.5. The first-order valence-corrected chi connectivity index (χ1v) is 24.1. The van der Waals surface area contributed by atoms with Gasteiger partial charge in [-0.05, 0) is 68.0 Å². The van der Waals surface area contributed by atoms with Crippen molar-refractivity contribution < 1.29 is 71.7 Å². The molecule has 352 valence electrons. The summed E-state index contributed by atoms with van der Waals surface area (Å²) in [5.41, 5.74) is -2.95. The number of ether oxygens (including phenoxy) is 1. The lowest BCUT2D eigenvalue weighted by Gasteiger charge is -2.25. The number of benzene rings is 2. The predicted molar refractivity (Wildman–Crippen MR) is 226 cm³/mol. The molecule has 66 heavy (non-hydrogen) atoms. The van der Waals surface area contributed by atoms with Gasteiger partial charge < -0.3 is 18.9 Å². The third kappa shape index (κ3) is 9.43. The van der Waals surface area contributed by atoms with Crippen LogP contribution in [0.1, 0.15) is 69.1 Å². The van der Waals surface area contributed by atoms with Crippen molar-refractivity contribution in [1.29, 1.82) is 0 Å². The maximum Gasteiger partial charge on any atom is 0.452 e. The zero-order valence-electron chi connectivity index (χ0n) is 35.0. The second-order valence-electron chi connectivity index (χ2n) is 16.5. The molecular weight excluding hydrogens is 963 g/mol. The highest BCUT2D eigenvalue weighted by Crippen LogP contribution is 2.60. The molecule has 0 radical (unpaired) electrons. The molecule has 0 amide bonds. The van der Waals surface area contributed by atoms with Gasteiger partial charge in [-0.3, -0.25) is 4.79 Å². The van der Waals surface area contributed by atoms with Crippen LogP contribution >= 0.6 is 22.7 Å². The lowest BCUT2D eigenvalue weighted by atomic mass is 10.1. The number of hydrogen-bond donors (Lipinski definition) is 3. The monoisotopic (exact) mass is 1000 g/mol. The van der Waals surface area contributed by atoms with Crippen LogP contribution < -0.4 is 9.44 Å². The maximum absolute atomic E-state index is 13.4. The molecule has 6 atom stereocenters. The fraction of sp³-hybridized carbons (Fsp3) is 0.333. The minimum absolute atomic E-state index is 0.132. The topological polar surface area (TPSA) is 208 Å². The molecule has 0 aliphatic heterocycles. The van der Waals surface area contributed by atoms with Gasteiger partial charge in [0.2, 0.25) is 11.5 Å². The van der Waals surface area contributed by atoms with Gasteiger partial charge in [0.05, 0.1) is 9.75 Å². The van der Waals surface area contributed by atoms with E-state index in [1.807, 2.05) is 18.2 Å². The molecule has 6 aromatic rings. The summed E-state index contributed by atoms with van der Waals surface area (Å²) >= 11 is 1.38. The van der Waals surface area contributed by atoms with Crippen molar-refractivity contribution in [1.82, 2.24) is 19.8 Å². The van der Waals surface area contributed by atoms with Gasteiger partial charge in [-0.25, -0.2) is 21.6 Å². The Morgan fingerprint density at radius 3 is 1.39 bits per heavy atom. The number of aromatic nitrogens is 2. The van der Waals surface area contributed by atoms with Gasteiger partial charge in [-0.15, -0.1) is 22.7 Å². The van der Waals surface area contributed by atoms with Crippen molar-refractivity contribution in [2.45, 2.75) is 83.9 Å². The molecule has 4 aromatic heterocycles. The highest BCUT2D eigenvalue weighted by atomic mass is 32.3. The number of sulfonamides is 2. The summed E-state index contributed by atoms with van der Waals surface area (Å²) in [5.74, 6) is -6.53. The van der Waals surface area contributed by atoms with Gasteiger partial charge in [0.1, 0.15) is 36.5 Å². The Labute approximate surface area is 381 Å². The summed E-state index contributed by atoms with van der Waals surface area (Å²) in [5, 5.41) is 16.6. The van der Waals surface area contributed by atoms with Crippen molar-refractivity contribution >= 4 is 54.7 Å². The largest absolute Gasteiger partial charge is 0.480 e. The SMILES string of the molecule is CC1[C@H](c2ccccc2)[C@]1(NS(=O)(=O)c1ccc(-c2cc(C(F)(F)F)on2)s1)C(=O)O.CC1[C@H](c2ccccc2)[C@]1(NS(=O)(=O)c1ccc(-c2cc(C(F)(F)F)on2)s1)C(=O)OC(C)(C)C. The van der Waals surface area contributed by atoms with Crippen LogP contribution in [0.4, 0.5) is 26.3 Å². The lowest BCUT2D eigenvalue weighted by Crippen LogP contribution is -2.48. The third-order valence-corrected chi connectivity index (χ3v) is 17.2. The van der Waals surface area contributed by atoms with E-state index >= 15 is 0 Å². The molecular formula is C42H38F6N4O10S4. The molecule has 0 bridgehead atoms. The third-order valence-electron chi connectivity index (χ3n) is 11.0. The van der Waals surface area contributed by atoms with E-state index in [2.05, 4.69) is 28.8 Å². The maximum atomic E-state index is 13.4. The fourth-order valence-corrected chi connectivity index (χ4v) is 13.2. The van der Waals surface area contributed by atoms with E-state index in [9.17, 15) is 57.9 Å². The number of thiophene rings is 2. The fourth-order valence-electron chi connectivity index (χ4n) is 7.75. The van der Waals surface area contributed by atoms with E-state index in [1.165, 1.54) is 24.3 Å². The van der Waals surface area contributed by atoms with Crippen molar-refractivity contribution in [2.24, 2.45) is 11.8 Å². The Bertz CT molecular complexity index is 2980. The standard InChI is InChI=1S/C23H23F3N2O5S2.C19H15F3N2O5S2/c1-13-19(14-8-6-5-7-9-14)22(13,20(29)32-21(2,3)4)28-35(30,31)18-11-10-16(34-18)15-12-17(33-27-15)23(24,25)26;1-10-16(11-5-3-2-4-6-11)18(10,17(25)26)24-31(27,28)15-8-7-13(30-15)12-9-14(29-23-12)19(20,21)22/h5-13,19,28H,1-4H3;2-10,16,24H,1H3,(H,25,26)/t13?,19-,22+;10?,16-,18+/m11/s1. The number of carbonyl (C=O) groups is 2. The molecule has 4 heterocycles. The molecule has 2 fully saturated rings. The van der Waals surface area contributed by atoms with Crippen molar-refractivity contribution in [3.8, 4) is 21.1 Å². The number of aliphatic carboxylic acids is 1. The smallest absolute Gasteiger partial charge is 0.452 e. The van der Waals surface area contributed by atoms with Crippen molar-refractivity contribution in [3.63, 3.8) is 0 Å². The molecule has 8 rings (SSSR count). The van der Waals surface area contributed by atoms with Crippen LogP contribution in [0, 0.1) is 11.8 Å². The Morgan fingerprint density at radius 1 is 0.652 bits per heavy atom. The zero-order valence-corrected chi connectivity index (χ0v) is 38.2. The van der Waals surface area contributed by atoms with Gasteiger partial charge in [-0.2, -0.15) is 35.8 Å².